The Morgan fingerprint density at radius 1 is 0.862 bits per heavy atom. The molecular formula is C24H24N2O3. The lowest BCUT2D eigenvalue weighted by Crippen LogP contribution is -1.99. The second-order valence-corrected chi connectivity index (χ2v) is 7.15. The van der Waals surface area contributed by atoms with Crippen molar-refractivity contribution in [3.63, 3.8) is 0 Å². The van der Waals surface area contributed by atoms with Crippen LogP contribution in [0.2, 0.25) is 0 Å². The molecule has 0 bridgehead atoms. The summed E-state index contributed by atoms with van der Waals surface area (Å²) in [4.78, 5) is 4.88. The fourth-order valence-corrected chi connectivity index (χ4v) is 3.56. The fraction of sp³-hybridized carbons (Fsp3) is 0.208. The molecule has 148 valence electrons. The summed E-state index contributed by atoms with van der Waals surface area (Å²) in [6.07, 6.45) is 0. The number of anilines is 2. The predicted octanol–water partition coefficient (Wildman–Crippen LogP) is 5.26. The monoisotopic (exact) mass is 388 g/mol. The number of nitrogens with one attached hydrogen (secondary N) is 1. The topological polar surface area (TPSA) is 63.6 Å². The minimum atomic E-state index is -0.00329. The number of fused-ring (bicyclic) bond motifs is 2. The quantitative estimate of drug-likeness (QED) is 0.457. The van der Waals surface area contributed by atoms with Crippen molar-refractivity contribution in [1.82, 2.24) is 4.98 Å². The maximum Gasteiger partial charge on any atom is 0.162 e. The third-order valence-corrected chi connectivity index (χ3v) is 5.27. The van der Waals surface area contributed by atoms with E-state index in [4.69, 9.17) is 14.5 Å². The summed E-state index contributed by atoms with van der Waals surface area (Å²) in [5, 5.41) is 15.0. The predicted molar refractivity (Wildman–Crippen MR) is 117 cm³/mol. The average Bonchev–Trinajstić information content (AvgIpc) is 2.74. The first-order valence-electron chi connectivity index (χ1n) is 9.47. The standard InChI is InChI=1S/C24H24N2O3/c1-14-8-18-20(9-15(14)2)26-21-12-23(29-4)22(28-3)11-19(21)24(18)25-17-7-5-6-16(10-17)13-27/h5-12,27H,13H2,1-4H3,(H,25,26). The van der Waals surface area contributed by atoms with Gasteiger partial charge in [-0.2, -0.15) is 0 Å². The number of rotatable bonds is 5. The highest BCUT2D eigenvalue weighted by Gasteiger charge is 2.15. The van der Waals surface area contributed by atoms with Crippen LogP contribution >= 0.6 is 0 Å². The van der Waals surface area contributed by atoms with Crippen LogP contribution in [0.25, 0.3) is 21.8 Å². The zero-order valence-corrected chi connectivity index (χ0v) is 17.0. The molecular weight excluding hydrogens is 364 g/mol. The largest absolute Gasteiger partial charge is 0.493 e. The van der Waals surface area contributed by atoms with Gasteiger partial charge in [-0.25, -0.2) is 4.98 Å². The first-order chi connectivity index (χ1) is 14.0. The van der Waals surface area contributed by atoms with E-state index in [1.54, 1.807) is 14.2 Å². The van der Waals surface area contributed by atoms with Gasteiger partial charge >= 0.3 is 0 Å². The Morgan fingerprint density at radius 2 is 1.52 bits per heavy atom. The number of aliphatic hydroxyl groups is 1. The summed E-state index contributed by atoms with van der Waals surface area (Å²) in [6.45, 7) is 4.19. The molecule has 1 heterocycles. The second kappa shape index (κ2) is 7.60. The molecule has 0 saturated carbocycles. The summed E-state index contributed by atoms with van der Waals surface area (Å²) in [6, 6.07) is 15.9. The van der Waals surface area contributed by atoms with Gasteiger partial charge in [0.25, 0.3) is 0 Å². The van der Waals surface area contributed by atoms with Crippen LogP contribution in [0.4, 0.5) is 11.4 Å². The van der Waals surface area contributed by atoms with Crippen LogP contribution in [0.15, 0.2) is 48.5 Å². The Kier molecular flexibility index (Phi) is 4.99. The number of ether oxygens (including phenoxy) is 2. The van der Waals surface area contributed by atoms with Crippen molar-refractivity contribution in [2.24, 2.45) is 0 Å². The van der Waals surface area contributed by atoms with Gasteiger partial charge < -0.3 is 19.9 Å². The van der Waals surface area contributed by atoms with E-state index in [2.05, 4.69) is 31.3 Å². The number of hydrogen-bond acceptors (Lipinski definition) is 5. The van der Waals surface area contributed by atoms with Crippen molar-refractivity contribution in [2.75, 3.05) is 19.5 Å². The van der Waals surface area contributed by atoms with Crippen LogP contribution < -0.4 is 14.8 Å². The normalized spacial score (nSPS) is 11.1. The van der Waals surface area contributed by atoms with E-state index < -0.39 is 0 Å². The van der Waals surface area contributed by atoms with Gasteiger partial charge in [0.1, 0.15) is 0 Å². The highest BCUT2D eigenvalue weighted by molar-refractivity contribution is 6.09. The highest BCUT2D eigenvalue weighted by Crippen LogP contribution is 2.39. The molecule has 1 aromatic heterocycles. The summed E-state index contributed by atoms with van der Waals surface area (Å²) in [5.41, 5.74) is 6.82. The first kappa shape index (κ1) is 19.0. The molecule has 0 radical (unpaired) electrons. The molecule has 0 aliphatic heterocycles. The molecule has 5 nitrogen and oxygen atoms in total. The van der Waals surface area contributed by atoms with Gasteiger partial charge in [0.2, 0.25) is 0 Å². The van der Waals surface area contributed by atoms with Gasteiger partial charge in [0.05, 0.1) is 37.5 Å². The number of aryl methyl sites for hydroxylation is 2. The minimum Gasteiger partial charge on any atom is -0.493 e. The Morgan fingerprint density at radius 3 is 2.24 bits per heavy atom. The van der Waals surface area contributed by atoms with Crippen LogP contribution in [-0.2, 0) is 6.61 Å². The molecule has 4 aromatic rings. The first-order valence-corrected chi connectivity index (χ1v) is 9.47. The molecule has 0 aliphatic carbocycles. The van der Waals surface area contributed by atoms with Crippen LogP contribution in [0.1, 0.15) is 16.7 Å². The van der Waals surface area contributed by atoms with E-state index in [-0.39, 0.29) is 6.61 Å². The highest BCUT2D eigenvalue weighted by atomic mass is 16.5. The lowest BCUT2D eigenvalue weighted by molar-refractivity contribution is 0.282. The van der Waals surface area contributed by atoms with Crippen molar-refractivity contribution in [3.8, 4) is 11.5 Å². The number of pyridine rings is 1. The Balaban J connectivity index is 2.04. The Hall–Kier alpha value is -3.31. The van der Waals surface area contributed by atoms with Crippen molar-refractivity contribution in [2.45, 2.75) is 20.5 Å². The third-order valence-electron chi connectivity index (χ3n) is 5.27. The summed E-state index contributed by atoms with van der Waals surface area (Å²) in [5.74, 6) is 1.29. The minimum absolute atomic E-state index is 0.00329. The molecule has 3 aromatic carbocycles. The molecule has 0 atom stereocenters. The molecule has 0 aliphatic rings. The van der Waals surface area contributed by atoms with Crippen molar-refractivity contribution in [1.29, 1.82) is 0 Å². The van der Waals surface area contributed by atoms with Gasteiger partial charge in [0.15, 0.2) is 11.5 Å². The van der Waals surface area contributed by atoms with E-state index in [9.17, 15) is 5.11 Å². The third kappa shape index (κ3) is 3.45. The lowest BCUT2D eigenvalue weighted by Gasteiger charge is -2.17. The number of aromatic nitrogens is 1. The molecule has 0 unspecified atom stereocenters. The van der Waals surface area contributed by atoms with E-state index in [1.807, 2.05) is 36.4 Å². The lowest BCUT2D eigenvalue weighted by atomic mass is 10.0. The van der Waals surface area contributed by atoms with Gasteiger partial charge in [-0.3, -0.25) is 0 Å². The zero-order valence-electron chi connectivity index (χ0n) is 17.0. The molecule has 5 heteroatoms. The molecule has 29 heavy (non-hydrogen) atoms. The van der Waals surface area contributed by atoms with Crippen LogP contribution in [0.3, 0.4) is 0 Å². The van der Waals surface area contributed by atoms with Gasteiger partial charge in [-0.1, -0.05) is 12.1 Å². The van der Waals surface area contributed by atoms with E-state index in [0.717, 1.165) is 38.7 Å². The second-order valence-electron chi connectivity index (χ2n) is 7.15. The number of nitrogens with zero attached hydrogens (tertiary/aromatic N) is 1. The smallest absolute Gasteiger partial charge is 0.162 e. The molecule has 0 fully saturated rings. The Bertz CT molecular complexity index is 1220. The number of aliphatic hydroxyl groups excluding tert-OH is 1. The summed E-state index contributed by atoms with van der Waals surface area (Å²) in [7, 11) is 3.25. The maximum atomic E-state index is 9.50. The van der Waals surface area contributed by atoms with Crippen molar-refractivity contribution < 1.29 is 14.6 Å². The molecule has 0 amide bonds. The van der Waals surface area contributed by atoms with E-state index in [1.165, 1.54) is 11.1 Å². The van der Waals surface area contributed by atoms with E-state index in [0.29, 0.717) is 11.5 Å². The number of benzene rings is 3. The van der Waals surface area contributed by atoms with Gasteiger partial charge in [-0.05, 0) is 60.9 Å². The van der Waals surface area contributed by atoms with Crippen LogP contribution in [0, 0.1) is 13.8 Å². The zero-order chi connectivity index (χ0) is 20.5. The number of methoxy groups -OCH3 is 2. The van der Waals surface area contributed by atoms with Crippen molar-refractivity contribution in [3.05, 3.63) is 65.2 Å². The van der Waals surface area contributed by atoms with E-state index >= 15 is 0 Å². The Labute approximate surface area is 169 Å². The molecule has 4 rings (SSSR count). The van der Waals surface area contributed by atoms with Gasteiger partial charge in [0, 0.05) is 22.5 Å². The summed E-state index contributed by atoms with van der Waals surface area (Å²) >= 11 is 0. The summed E-state index contributed by atoms with van der Waals surface area (Å²) < 4.78 is 11.0. The van der Waals surface area contributed by atoms with Crippen LogP contribution in [-0.4, -0.2) is 24.3 Å². The molecule has 0 spiro atoms. The maximum absolute atomic E-state index is 9.50. The SMILES string of the molecule is COc1cc2nc3cc(C)c(C)cc3c(Nc3cccc(CO)c3)c2cc1OC. The fourth-order valence-electron chi connectivity index (χ4n) is 3.56. The molecule has 0 saturated heterocycles. The van der Waals surface area contributed by atoms with Crippen molar-refractivity contribution >= 4 is 33.2 Å². The molecule has 2 N–H and O–H groups in total. The number of hydrogen-bond donors (Lipinski definition) is 2. The average molecular weight is 388 g/mol. The van der Waals surface area contributed by atoms with Crippen LogP contribution in [0.5, 0.6) is 11.5 Å². The van der Waals surface area contributed by atoms with Gasteiger partial charge in [-0.15, -0.1) is 0 Å².